The minimum Gasteiger partial charge on any atom is -0.493 e. The number of carbonyl (C=O) groups excluding carboxylic acids is 2. The van der Waals surface area contributed by atoms with E-state index in [1.165, 1.54) is 14.2 Å². The third-order valence-electron chi connectivity index (χ3n) is 11.2. The Morgan fingerprint density at radius 3 is 1.52 bits per heavy atom. The molecule has 360 valence electrons. The molecule has 2 fully saturated rings. The largest absolute Gasteiger partial charge is 0.493 e. The van der Waals surface area contributed by atoms with Crippen LogP contribution in [0.25, 0.3) is 43.7 Å². The number of hydrogen-bond acceptors (Lipinski definition) is 16. The maximum absolute atomic E-state index is 12.1. The second-order valence-corrected chi connectivity index (χ2v) is 16.5. The van der Waals surface area contributed by atoms with Gasteiger partial charge in [-0.2, -0.15) is 0 Å². The number of alkyl halides is 1. The summed E-state index contributed by atoms with van der Waals surface area (Å²) in [6.07, 6.45) is 3.40. The summed E-state index contributed by atoms with van der Waals surface area (Å²) in [6.45, 7) is 12.8. The first-order valence-corrected chi connectivity index (χ1v) is 23.6. The Bertz CT molecular complexity index is 3020. The van der Waals surface area contributed by atoms with Crippen molar-refractivity contribution >= 4 is 71.6 Å². The number of halogens is 1. The highest BCUT2D eigenvalue weighted by Gasteiger charge is 2.21. The number of benzene rings is 4. The first-order valence-electron chi connectivity index (χ1n) is 22.5. The van der Waals surface area contributed by atoms with E-state index in [1.54, 1.807) is 68.7 Å². The summed E-state index contributed by atoms with van der Waals surface area (Å²) in [4.78, 5) is 35.3. The van der Waals surface area contributed by atoms with Crippen LogP contribution in [0.3, 0.4) is 0 Å². The highest BCUT2D eigenvalue weighted by Crippen LogP contribution is 2.36. The molecule has 69 heavy (non-hydrogen) atoms. The number of hydrogen-bond donors (Lipinski definition) is 1. The molecule has 0 bridgehead atoms. The molecule has 4 aromatic heterocycles. The van der Waals surface area contributed by atoms with Gasteiger partial charge in [0.05, 0.1) is 58.3 Å². The fourth-order valence-corrected chi connectivity index (χ4v) is 8.00. The first-order chi connectivity index (χ1) is 33.7. The van der Waals surface area contributed by atoms with Crippen molar-refractivity contribution in [3.8, 4) is 34.5 Å². The van der Waals surface area contributed by atoms with Crippen LogP contribution in [0.5, 0.6) is 34.5 Å². The molecule has 0 spiro atoms. The van der Waals surface area contributed by atoms with Gasteiger partial charge < -0.3 is 52.0 Å². The van der Waals surface area contributed by atoms with Gasteiger partial charge in [0.1, 0.15) is 74.9 Å². The molecule has 10 rings (SSSR count). The van der Waals surface area contributed by atoms with Gasteiger partial charge in [-0.1, -0.05) is 15.9 Å². The van der Waals surface area contributed by atoms with E-state index < -0.39 is 11.9 Å². The molecule has 17 heteroatoms. The summed E-state index contributed by atoms with van der Waals surface area (Å²) in [7, 11) is 2.70. The molecule has 8 aromatic rings. The van der Waals surface area contributed by atoms with E-state index in [4.69, 9.17) is 46.7 Å². The van der Waals surface area contributed by atoms with E-state index in [-0.39, 0.29) is 0 Å². The lowest BCUT2D eigenvalue weighted by Crippen LogP contribution is -2.38. The van der Waals surface area contributed by atoms with Crippen molar-refractivity contribution in [1.82, 2.24) is 20.2 Å². The number of pyridine rings is 2. The van der Waals surface area contributed by atoms with Crippen LogP contribution in [-0.2, 0) is 18.9 Å². The molecule has 6 heterocycles. The van der Waals surface area contributed by atoms with Gasteiger partial charge in [0.15, 0.2) is 0 Å². The number of aryl methyl sites for hydroxylation is 2. The highest BCUT2D eigenvalue weighted by atomic mass is 79.9. The molecule has 0 radical (unpaired) electrons. The molecule has 0 aliphatic carbocycles. The number of nitrogens with zero attached hydrogens (tertiary/aromatic N) is 3. The van der Waals surface area contributed by atoms with Gasteiger partial charge in [-0.3, -0.25) is 14.9 Å². The Balaban J connectivity index is 0.000000167. The van der Waals surface area contributed by atoms with Crippen molar-refractivity contribution in [2.45, 2.75) is 13.8 Å². The molecule has 0 saturated carbocycles. The zero-order valence-corrected chi connectivity index (χ0v) is 40.4. The maximum Gasteiger partial charge on any atom is 0.342 e. The van der Waals surface area contributed by atoms with Gasteiger partial charge in [-0.05, 0) is 74.5 Å². The molecule has 16 nitrogen and oxygen atoms in total. The lowest BCUT2D eigenvalue weighted by atomic mass is 10.1. The molecular formula is C52H53BrN4O12. The Morgan fingerprint density at radius 1 is 0.609 bits per heavy atom. The summed E-state index contributed by atoms with van der Waals surface area (Å²) in [5.41, 5.74) is 3.54. The van der Waals surface area contributed by atoms with E-state index >= 15 is 0 Å². The average Bonchev–Trinajstić information content (AvgIpc) is 3.90. The molecule has 2 aliphatic rings. The third kappa shape index (κ3) is 12.1. The Labute approximate surface area is 406 Å². The SMILES string of the molecule is C1COCCN1.COC(=O)c1c(C)oc2cc(Oc3ccnc4cc(OCCBr)ccc34)ccc12.COC(=O)c1c(C)oc2cc(Oc3ccnc4cc(OCCN5CCOCC5)ccc34)ccc12. The smallest absolute Gasteiger partial charge is 0.342 e. The zero-order valence-electron chi connectivity index (χ0n) is 38.8. The van der Waals surface area contributed by atoms with Crippen molar-refractivity contribution in [3.05, 3.63) is 120 Å². The van der Waals surface area contributed by atoms with Crippen LogP contribution in [0.1, 0.15) is 32.2 Å². The van der Waals surface area contributed by atoms with Crippen LogP contribution >= 0.6 is 15.9 Å². The van der Waals surface area contributed by atoms with E-state index in [0.717, 1.165) is 97.8 Å². The fraction of sp³-hybridized carbons (Fsp3) is 0.308. The van der Waals surface area contributed by atoms with Gasteiger partial charge >= 0.3 is 11.9 Å². The number of ether oxygens (including phenoxy) is 8. The number of rotatable bonds is 13. The average molecular weight is 1010 g/mol. The second kappa shape index (κ2) is 23.5. The lowest BCUT2D eigenvalue weighted by Gasteiger charge is -2.26. The maximum atomic E-state index is 12.1. The van der Waals surface area contributed by atoms with Gasteiger partial charge in [-0.25, -0.2) is 9.59 Å². The molecule has 1 N–H and O–H groups in total. The topological polar surface area (TPSA) is 175 Å². The number of fused-ring (bicyclic) bond motifs is 4. The van der Waals surface area contributed by atoms with Gasteiger partial charge in [0.2, 0.25) is 0 Å². The number of methoxy groups -OCH3 is 2. The summed E-state index contributed by atoms with van der Waals surface area (Å²) in [6, 6.07) is 25.8. The van der Waals surface area contributed by atoms with Crippen molar-refractivity contribution in [1.29, 1.82) is 0 Å². The van der Waals surface area contributed by atoms with Gasteiger partial charge in [-0.15, -0.1) is 0 Å². The number of carbonyl (C=O) groups is 2. The first kappa shape index (κ1) is 48.7. The number of furan rings is 2. The standard InChI is InChI=1S/C26H26N2O6.C22H18BrNO5.C4H9NO/c1-17-25(26(29)30-2)21-6-4-19(16-24(21)33-17)34-23-7-8-27-22-15-18(3-5-20(22)23)32-14-11-28-9-12-31-13-10-28;1-13-21(22(25)26-2)17-6-4-15(12-20(17)28-13)29-19-7-9-24-18-11-14(27-10-8-23)3-5-16(18)19;1-3-6-4-2-5-1/h3-8,15-16H,9-14H2,1-2H3;3-7,9,11-12H,8,10H2,1-2H3;5H,1-4H2. The molecule has 0 atom stereocenters. The Morgan fingerprint density at radius 2 is 1.07 bits per heavy atom. The molecule has 0 unspecified atom stereocenters. The van der Waals surface area contributed by atoms with Gasteiger partial charge in [0, 0.05) is 96.3 Å². The van der Waals surface area contributed by atoms with E-state index in [9.17, 15) is 9.59 Å². The minimum atomic E-state index is -0.423. The molecule has 4 aromatic carbocycles. The minimum absolute atomic E-state index is 0.423. The lowest BCUT2D eigenvalue weighted by molar-refractivity contribution is 0.0322. The number of nitrogens with one attached hydrogen (secondary N) is 1. The summed E-state index contributed by atoms with van der Waals surface area (Å²) < 4.78 is 55.4. The predicted molar refractivity (Wildman–Crippen MR) is 264 cm³/mol. The molecule has 2 aliphatic heterocycles. The molecule has 2 saturated heterocycles. The summed E-state index contributed by atoms with van der Waals surface area (Å²) >= 11 is 3.35. The Hall–Kier alpha value is -6.76. The summed E-state index contributed by atoms with van der Waals surface area (Å²) in [5, 5.41) is 7.03. The quantitative estimate of drug-likeness (QED) is 0.0853. The van der Waals surface area contributed by atoms with Crippen molar-refractivity contribution < 1.29 is 56.3 Å². The number of esters is 2. The Kier molecular flexibility index (Phi) is 16.6. The van der Waals surface area contributed by atoms with Crippen LogP contribution in [0, 0.1) is 13.8 Å². The third-order valence-corrected chi connectivity index (χ3v) is 11.6. The highest BCUT2D eigenvalue weighted by molar-refractivity contribution is 9.09. The van der Waals surface area contributed by atoms with Crippen molar-refractivity contribution in [2.75, 3.05) is 91.9 Å². The predicted octanol–water partition coefficient (Wildman–Crippen LogP) is 9.83. The molecule has 0 amide bonds. The van der Waals surface area contributed by atoms with Gasteiger partial charge in [0.25, 0.3) is 0 Å². The number of morpholine rings is 2. The van der Waals surface area contributed by atoms with E-state index in [2.05, 4.69) is 36.1 Å². The van der Waals surface area contributed by atoms with Crippen molar-refractivity contribution in [3.63, 3.8) is 0 Å². The zero-order chi connectivity index (χ0) is 48.1. The fourth-order valence-electron chi connectivity index (χ4n) is 7.84. The normalized spacial score (nSPS) is 13.8. The van der Waals surface area contributed by atoms with Crippen LogP contribution in [-0.4, -0.2) is 119 Å². The van der Waals surface area contributed by atoms with Crippen LogP contribution < -0.4 is 24.3 Å². The molecular weight excluding hydrogens is 952 g/mol. The van der Waals surface area contributed by atoms with Crippen molar-refractivity contribution in [2.24, 2.45) is 0 Å². The van der Waals surface area contributed by atoms with Crippen LogP contribution in [0.15, 0.2) is 106 Å². The summed E-state index contributed by atoms with van der Waals surface area (Å²) in [5.74, 6) is 4.21. The number of aromatic nitrogens is 2. The van der Waals surface area contributed by atoms with E-state index in [1.807, 2.05) is 42.5 Å². The van der Waals surface area contributed by atoms with Crippen LogP contribution in [0.2, 0.25) is 0 Å². The monoisotopic (exact) mass is 1000 g/mol. The van der Waals surface area contributed by atoms with Crippen LogP contribution in [0.4, 0.5) is 0 Å². The van der Waals surface area contributed by atoms with E-state index in [0.29, 0.717) is 80.8 Å². The second-order valence-electron chi connectivity index (χ2n) is 15.7.